The molecule has 8 nitrogen and oxygen atoms in total. The quantitative estimate of drug-likeness (QED) is 0.171. The molecule has 2 saturated heterocycles. The highest BCUT2D eigenvalue weighted by atomic mass is 127. The van der Waals surface area contributed by atoms with Crippen LogP contribution in [0.4, 0.5) is 0 Å². The number of carbonyl (C=O) groups excluding carboxylic acids is 1. The van der Waals surface area contributed by atoms with Crippen LogP contribution in [0, 0.1) is 5.92 Å². The number of primary amides is 1. The lowest BCUT2D eigenvalue weighted by Crippen LogP contribution is -2.40. The van der Waals surface area contributed by atoms with Crippen molar-refractivity contribution in [2.75, 3.05) is 59.0 Å². The topological polar surface area (TPSA) is 95.2 Å². The highest BCUT2D eigenvalue weighted by molar-refractivity contribution is 14.0. The van der Waals surface area contributed by atoms with E-state index in [1.807, 2.05) is 0 Å². The third kappa shape index (κ3) is 10.2. The third-order valence-corrected chi connectivity index (χ3v) is 6.12. The number of aliphatic imine (C=N–C) groups is 1. The molecular formula is C24H41IN6O2. The molecule has 2 aliphatic rings. The first kappa shape index (κ1) is 27.8. The Morgan fingerprint density at radius 3 is 2.73 bits per heavy atom. The lowest BCUT2D eigenvalue weighted by atomic mass is 9.97. The molecule has 33 heavy (non-hydrogen) atoms. The summed E-state index contributed by atoms with van der Waals surface area (Å²) in [6.45, 7) is 11.9. The molecule has 2 fully saturated rings. The van der Waals surface area contributed by atoms with Gasteiger partial charge in [-0.2, -0.15) is 0 Å². The summed E-state index contributed by atoms with van der Waals surface area (Å²) in [5.74, 6) is 0.667. The van der Waals surface area contributed by atoms with Gasteiger partial charge < -0.3 is 21.1 Å². The zero-order valence-electron chi connectivity index (χ0n) is 19.9. The fraction of sp³-hybridized carbons (Fsp3) is 0.667. The molecule has 0 radical (unpaired) electrons. The molecule has 1 aromatic carbocycles. The second-order valence-electron chi connectivity index (χ2n) is 8.73. The van der Waals surface area contributed by atoms with Gasteiger partial charge in [0.15, 0.2) is 5.96 Å². The number of benzene rings is 1. The van der Waals surface area contributed by atoms with Crippen molar-refractivity contribution in [1.82, 2.24) is 20.4 Å². The number of morpholine rings is 1. The predicted octanol–water partition coefficient (Wildman–Crippen LogP) is 1.78. The summed E-state index contributed by atoms with van der Waals surface area (Å²) in [7, 11) is 0. The number of hydrogen-bond acceptors (Lipinski definition) is 5. The smallest absolute Gasteiger partial charge is 0.221 e. The van der Waals surface area contributed by atoms with Crippen molar-refractivity contribution in [3.63, 3.8) is 0 Å². The maximum atomic E-state index is 11.5. The second-order valence-corrected chi connectivity index (χ2v) is 8.73. The van der Waals surface area contributed by atoms with Gasteiger partial charge in [0, 0.05) is 39.3 Å². The highest BCUT2D eigenvalue weighted by Crippen LogP contribution is 2.19. The Balaban J connectivity index is 0.00000385. The van der Waals surface area contributed by atoms with E-state index < -0.39 is 0 Å². The van der Waals surface area contributed by atoms with Crippen molar-refractivity contribution in [2.45, 2.75) is 39.3 Å². The number of amides is 1. The molecule has 0 bridgehead atoms. The van der Waals surface area contributed by atoms with Crippen molar-refractivity contribution in [2.24, 2.45) is 16.6 Å². The van der Waals surface area contributed by atoms with Crippen LogP contribution < -0.4 is 16.4 Å². The number of hydrogen-bond donors (Lipinski definition) is 3. The lowest BCUT2D eigenvalue weighted by molar-refractivity contribution is -0.123. The lowest BCUT2D eigenvalue weighted by Gasteiger charge is -2.31. The fourth-order valence-electron chi connectivity index (χ4n) is 4.36. The number of rotatable bonds is 10. The highest BCUT2D eigenvalue weighted by Gasteiger charge is 2.23. The molecule has 1 amide bonds. The maximum absolute atomic E-state index is 11.5. The first-order valence-electron chi connectivity index (χ1n) is 12.1. The van der Waals surface area contributed by atoms with Gasteiger partial charge in [0.05, 0.1) is 25.7 Å². The summed E-state index contributed by atoms with van der Waals surface area (Å²) in [6.07, 6.45) is 3.02. The molecule has 1 aromatic rings. The van der Waals surface area contributed by atoms with Crippen LogP contribution in [0.25, 0.3) is 0 Å². The van der Waals surface area contributed by atoms with Gasteiger partial charge in [0.2, 0.25) is 5.91 Å². The van der Waals surface area contributed by atoms with Crippen LogP contribution in [0.1, 0.15) is 37.3 Å². The maximum Gasteiger partial charge on any atom is 0.221 e. The summed E-state index contributed by atoms with van der Waals surface area (Å²) in [4.78, 5) is 21.1. The number of nitrogens with zero attached hydrogens (tertiary/aromatic N) is 3. The Hall–Kier alpha value is -1.43. The number of likely N-dealkylation sites (tertiary alicyclic amines) is 1. The van der Waals surface area contributed by atoms with Crippen LogP contribution in [0.2, 0.25) is 0 Å². The second kappa shape index (κ2) is 15.5. The molecule has 4 N–H and O–H groups in total. The fourth-order valence-corrected chi connectivity index (χ4v) is 4.36. The molecular weight excluding hydrogens is 531 g/mol. The van der Waals surface area contributed by atoms with Crippen molar-refractivity contribution >= 4 is 35.8 Å². The van der Waals surface area contributed by atoms with Crippen LogP contribution >= 0.6 is 24.0 Å². The van der Waals surface area contributed by atoms with E-state index >= 15 is 0 Å². The number of halogens is 1. The molecule has 3 rings (SSSR count). The van der Waals surface area contributed by atoms with E-state index in [9.17, 15) is 4.79 Å². The van der Waals surface area contributed by atoms with E-state index in [-0.39, 0.29) is 35.8 Å². The van der Waals surface area contributed by atoms with E-state index in [1.54, 1.807) is 0 Å². The van der Waals surface area contributed by atoms with E-state index in [4.69, 9.17) is 15.5 Å². The Labute approximate surface area is 215 Å². The SMILES string of the molecule is CCNC(=NCc1cccc(CN2CCCC(C(N)=O)C2)c1)NCCCN1CCOCC1.I. The van der Waals surface area contributed by atoms with E-state index in [0.29, 0.717) is 6.54 Å². The van der Waals surface area contributed by atoms with Crippen molar-refractivity contribution in [1.29, 1.82) is 0 Å². The standard InChI is InChI=1S/C24H40N6O2.HI/c1-2-26-24(27-9-5-11-29-12-14-32-15-13-29)28-17-20-6-3-7-21(16-20)18-30-10-4-8-22(19-30)23(25)31;/h3,6-7,16,22H,2,4-5,8-15,17-19H2,1H3,(H2,25,31)(H2,26,27,28);1H. The average Bonchev–Trinajstić information content (AvgIpc) is 2.81. The van der Waals surface area contributed by atoms with Gasteiger partial charge >= 0.3 is 0 Å². The number of ether oxygens (including phenoxy) is 1. The first-order chi connectivity index (χ1) is 15.6. The summed E-state index contributed by atoms with van der Waals surface area (Å²) < 4.78 is 5.41. The largest absolute Gasteiger partial charge is 0.379 e. The Morgan fingerprint density at radius 2 is 1.97 bits per heavy atom. The van der Waals surface area contributed by atoms with E-state index in [2.05, 4.69) is 51.6 Å². The summed E-state index contributed by atoms with van der Waals surface area (Å²) in [5.41, 5.74) is 7.97. The Kier molecular flexibility index (Phi) is 13.0. The monoisotopic (exact) mass is 572 g/mol. The van der Waals surface area contributed by atoms with Gasteiger partial charge in [-0.1, -0.05) is 24.3 Å². The van der Waals surface area contributed by atoms with Gasteiger partial charge in [-0.05, 0) is 50.4 Å². The predicted molar refractivity (Wildman–Crippen MR) is 144 cm³/mol. The molecule has 9 heteroatoms. The number of nitrogens with one attached hydrogen (secondary N) is 2. The zero-order valence-corrected chi connectivity index (χ0v) is 22.3. The van der Waals surface area contributed by atoms with Crippen LogP contribution in [-0.4, -0.2) is 80.7 Å². The van der Waals surface area contributed by atoms with Gasteiger partial charge in [0.25, 0.3) is 0 Å². The molecule has 1 unspecified atom stereocenters. The van der Waals surface area contributed by atoms with Crippen LogP contribution in [0.15, 0.2) is 29.3 Å². The number of nitrogens with two attached hydrogens (primary N) is 1. The number of carbonyl (C=O) groups is 1. The van der Waals surface area contributed by atoms with Gasteiger partial charge in [-0.3, -0.25) is 14.6 Å². The number of piperidine rings is 1. The van der Waals surface area contributed by atoms with E-state index in [1.165, 1.54) is 11.1 Å². The van der Waals surface area contributed by atoms with Crippen molar-refractivity contribution in [3.8, 4) is 0 Å². The number of guanidine groups is 1. The first-order valence-corrected chi connectivity index (χ1v) is 12.1. The summed E-state index contributed by atoms with van der Waals surface area (Å²) in [6, 6.07) is 8.59. The molecule has 0 aliphatic carbocycles. The molecule has 0 aromatic heterocycles. The minimum Gasteiger partial charge on any atom is -0.379 e. The third-order valence-electron chi connectivity index (χ3n) is 6.12. The Bertz CT molecular complexity index is 741. The van der Waals surface area contributed by atoms with Gasteiger partial charge in [-0.25, -0.2) is 4.99 Å². The van der Waals surface area contributed by atoms with Crippen molar-refractivity contribution < 1.29 is 9.53 Å². The van der Waals surface area contributed by atoms with Gasteiger partial charge in [0.1, 0.15) is 0 Å². The zero-order chi connectivity index (χ0) is 22.6. The molecule has 0 saturated carbocycles. The normalized spacial score (nSPS) is 20.2. The molecule has 0 spiro atoms. The summed E-state index contributed by atoms with van der Waals surface area (Å²) >= 11 is 0. The van der Waals surface area contributed by atoms with E-state index in [0.717, 1.165) is 90.8 Å². The van der Waals surface area contributed by atoms with Crippen LogP contribution in [0.5, 0.6) is 0 Å². The minimum absolute atomic E-state index is 0. The minimum atomic E-state index is -0.175. The van der Waals surface area contributed by atoms with Crippen LogP contribution in [-0.2, 0) is 22.6 Å². The van der Waals surface area contributed by atoms with Crippen molar-refractivity contribution in [3.05, 3.63) is 35.4 Å². The Morgan fingerprint density at radius 1 is 1.18 bits per heavy atom. The molecule has 1 atom stereocenters. The molecule has 2 heterocycles. The summed E-state index contributed by atoms with van der Waals surface area (Å²) in [5, 5.41) is 6.80. The van der Waals surface area contributed by atoms with Gasteiger partial charge in [-0.15, -0.1) is 24.0 Å². The average molecular weight is 573 g/mol. The van der Waals surface area contributed by atoms with Crippen LogP contribution in [0.3, 0.4) is 0 Å². The molecule has 186 valence electrons. The molecule has 2 aliphatic heterocycles.